The molecule has 166 valence electrons. The summed E-state index contributed by atoms with van der Waals surface area (Å²) in [4.78, 5) is 4.48. The van der Waals surface area contributed by atoms with Crippen LogP contribution < -0.4 is 15.4 Å². The number of nitrogens with one attached hydrogen (secondary N) is 3. The van der Waals surface area contributed by atoms with Crippen LogP contribution >= 0.6 is 0 Å². The van der Waals surface area contributed by atoms with Crippen molar-refractivity contribution in [1.29, 1.82) is 0 Å². The van der Waals surface area contributed by atoms with E-state index in [1.165, 1.54) is 18.2 Å². The quantitative estimate of drug-likeness (QED) is 0.300. The van der Waals surface area contributed by atoms with Crippen molar-refractivity contribution in [1.82, 2.24) is 20.4 Å². The summed E-state index contributed by atoms with van der Waals surface area (Å²) in [5.41, 5.74) is 2.79. The van der Waals surface area contributed by atoms with E-state index in [0.717, 1.165) is 24.4 Å². The number of aromatic nitrogens is 2. The largest absolute Gasteiger partial charge is 0.357 e. The molecular weight excluding hydrogens is 407 g/mol. The highest BCUT2D eigenvalue weighted by molar-refractivity contribution is 7.92. The van der Waals surface area contributed by atoms with Crippen LogP contribution in [0.1, 0.15) is 30.3 Å². The first-order valence-corrected chi connectivity index (χ1v) is 11.7. The summed E-state index contributed by atoms with van der Waals surface area (Å²) >= 11 is 0. The van der Waals surface area contributed by atoms with Crippen molar-refractivity contribution >= 4 is 21.7 Å². The molecule has 0 atom stereocenters. The van der Waals surface area contributed by atoms with E-state index in [1.54, 1.807) is 6.92 Å². The van der Waals surface area contributed by atoms with Gasteiger partial charge in [-0.1, -0.05) is 6.07 Å². The number of aliphatic imine (C=N–C) groups is 1. The fourth-order valence-corrected chi connectivity index (χ4v) is 3.80. The van der Waals surface area contributed by atoms with Crippen molar-refractivity contribution < 1.29 is 12.8 Å². The average Bonchev–Trinajstić information content (AvgIpc) is 2.98. The molecule has 0 aliphatic rings. The van der Waals surface area contributed by atoms with E-state index in [-0.39, 0.29) is 18.0 Å². The molecule has 0 saturated carbocycles. The molecule has 3 N–H and O–H groups in total. The number of anilines is 1. The van der Waals surface area contributed by atoms with Gasteiger partial charge in [0.2, 0.25) is 10.0 Å². The van der Waals surface area contributed by atoms with Gasteiger partial charge in [0.05, 0.1) is 17.1 Å². The standard InChI is InChI=1S/C20H31FN6O2S/c1-5-22-20(23-9-6-11-27-17(4)13-16(3)25-27)24-10-12-30(28,29)26-18-8-7-15(2)19(21)14-18/h7-8,13-14,26H,5-6,9-12H2,1-4H3,(H2,22,23,24). The third-order valence-electron chi connectivity index (χ3n) is 4.35. The summed E-state index contributed by atoms with van der Waals surface area (Å²) in [5.74, 6) is -0.0589. The van der Waals surface area contributed by atoms with E-state index in [0.29, 0.717) is 24.6 Å². The number of halogens is 1. The Kier molecular flexibility index (Phi) is 8.64. The molecule has 30 heavy (non-hydrogen) atoms. The number of nitrogens with zero attached hydrogens (tertiary/aromatic N) is 3. The van der Waals surface area contributed by atoms with Gasteiger partial charge in [0, 0.05) is 31.9 Å². The van der Waals surface area contributed by atoms with Gasteiger partial charge in [-0.05, 0) is 57.9 Å². The molecule has 1 aromatic heterocycles. The molecule has 0 bridgehead atoms. The summed E-state index contributed by atoms with van der Waals surface area (Å²) < 4.78 is 42.4. The molecule has 8 nitrogen and oxygen atoms in total. The van der Waals surface area contributed by atoms with Crippen LogP contribution in [0.2, 0.25) is 0 Å². The van der Waals surface area contributed by atoms with Gasteiger partial charge in [-0.15, -0.1) is 0 Å². The highest BCUT2D eigenvalue weighted by Crippen LogP contribution is 2.14. The fraction of sp³-hybridized carbons (Fsp3) is 0.500. The predicted molar refractivity (Wildman–Crippen MR) is 119 cm³/mol. The van der Waals surface area contributed by atoms with Crippen LogP contribution in [0.15, 0.2) is 29.3 Å². The van der Waals surface area contributed by atoms with Gasteiger partial charge in [-0.25, -0.2) is 12.8 Å². The SMILES string of the molecule is CCNC(=NCCCn1nc(C)cc1C)NCCS(=O)(=O)Nc1ccc(C)c(F)c1. The first-order chi connectivity index (χ1) is 14.2. The van der Waals surface area contributed by atoms with Crippen LogP contribution in [0.5, 0.6) is 0 Å². The van der Waals surface area contributed by atoms with Crippen molar-refractivity contribution in [3.63, 3.8) is 0 Å². The van der Waals surface area contributed by atoms with Gasteiger partial charge in [0.1, 0.15) is 5.82 Å². The van der Waals surface area contributed by atoms with Gasteiger partial charge in [-0.2, -0.15) is 5.10 Å². The highest BCUT2D eigenvalue weighted by Gasteiger charge is 2.12. The lowest BCUT2D eigenvalue weighted by atomic mass is 10.2. The van der Waals surface area contributed by atoms with E-state index in [2.05, 4.69) is 25.4 Å². The van der Waals surface area contributed by atoms with Crippen molar-refractivity contribution in [2.24, 2.45) is 4.99 Å². The van der Waals surface area contributed by atoms with E-state index < -0.39 is 15.8 Å². The summed E-state index contributed by atoms with van der Waals surface area (Å²) in [6.45, 7) is 9.74. The van der Waals surface area contributed by atoms with Crippen LogP contribution in [-0.2, 0) is 16.6 Å². The van der Waals surface area contributed by atoms with E-state index in [9.17, 15) is 12.8 Å². The Balaban J connectivity index is 1.81. The van der Waals surface area contributed by atoms with Gasteiger partial charge in [0.15, 0.2) is 5.96 Å². The minimum Gasteiger partial charge on any atom is -0.357 e. The smallest absolute Gasteiger partial charge is 0.234 e. The number of benzene rings is 1. The van der Waals surface area contributed by atoms with Gasteiger partial charge >= 0.3 is 0 Å². The molecule has 0 aliphatic carbocycles. The number of sulfonamides is 1. The lowest BCUT2D eigenvalue weighted by Gasteiger charge is -2.13. The first-order valence-electron chi connectivity index (χ1n) is 10.00. The third kappa shape index (κ3) is 7.66. The van der Waals surface area contributed by atoms with Crippen LogP contribution in [-0.4, -0.2) is 49.5 Å². The number of rotatable bonds is 10. The molecule has 0 aliphatic heterocycles. The predicted octanol–water partition coefficient (Wildman–Crippen LogP) is 2.33. The van der Waals surface area contributed by atoms with Gasteiger partial charge in [0.25, 0.3) is 0 Å². The molecule has 1 heterocycles. The Morgan fingerprint density at radius 1 is 1.20 bits per heavy atom. The summed E-state index contributed by atoms with van der Waals surface area (Å²) in [7, 11) is -3.61. The number of aryl methyl sites for hydroxylation is 4. The monoisotopic (exact) mass is 438 g/mol. The first kappa shape index (κ1) is 23.7. The second kappa shape index (κ2) is 11.0. The Morgan fingerprint density at radius 2 is 1.97 bits per heavy atom. The van der Waals surface area contributed by atoms with Crippen molar-refractivity contribution in [3.8, 4) is 0 Å². The van der Waals surface area contributed by atoms with Crippen LogP contribution in [0.25, 0.3) is 0 Å². The van der Waals surface area contributed by atoms with E-state index >= 15 is 0 Å². The molecule has 2 rings (SSSR count). The summed E-state index contributed by atoms with van der Waals surface area (Å²) in [6, 6.07) is 6.29. The molecule has 10 heteroatoms. The van der Waals surface area contributed by atoms with Gasteiger partial charge in [-0.3, -0.25) is 14.4 Å². The van der Waals surface area contributed by atoms with Crippen LogP contribution in [0.4, 0.5) is 10.1 Å². The Labute approximate surface area is 178 Å². The molecular formula is C20H31FN6O2S. The zero-order valence-electron chi connectivity index (χ0n) is 18.0. The fourth-order valence-electron chi connectivity index (χ4n) is 2.85. The molecule has 0 unspecified atom stereocenters. The maximum Gasteiger partial charge on any atom is 0.234 e. The molecule has 1 aromatic carbocycles. The Morgan fingerprint density at radius 3 is 2.60 bits per heavy atom. The van der Waals surface area contributed by atoms with E-state index in [4.69, 9.17) is 0 Å². The zero-order chi connectivity index (χ0) is 22.1. The van der Waals surface area contributed by atoms with Crippen LogP contribution in [0, 0.1) is 26.6 Å². The van der Waals surface area contributed by atoms with Crippen molar-refractivity contribution in [2.45, 2.75) is 40.7 Å². The number of guanidine groups is 1. The molecule has 0 fully saturated rings. The molecule has 0 saturated heterocycles. The van der Waals surface area contributed by atoms with E-state index in [1.807, 2.05) is 31.5 Å². The average molecular weight is 439 g/mol. The topological polar surface area (TPSA) is 100 Å². The van der Waals surface area contributed by atoms with Crippen molar-refractivity contribution in [3.05, 3.63) is 47.0 Å². The van der Waals surface area contributed by atoms with Gasteiger partial charge < -0.3 is 10.6 Å². The maximum absolute atomic E-state index is 13.6. The lowest BCUT2D eigenvalue weighted by Crippen LogP contribution is -2.40. The molecule has 0 radical (unpaired) electrons. The molecule has 0 amide bonds. The van der Waals surface area contributed by atoms with Crippen LogP contribution in [0.3, 0.4) is 0 Å². The minimum absolute atomic E-state index is 0.168. The summed E-state index contributed by atoms with van der Waals surface area (Å²) in [5, 5.41) is 10.5. The molecule has 2 aromatic rings. The second-order valence-electron chi connectivity index (χ2n) is 7.08. The Hall–Kier alpha value is -2.62. The zero-order valence-corrected chi connectivity index (χ0v) is 18.8. The normalized spacial score (nSPS) is 12.1. The lowest BCUT2D eigenvalue weighted by molar-refractivity contribution is 0.567. The summed E-state index contributed by atoms with van der Waals surface area (Å²) in [6.07, 6.45) is 0.817. The minimum atomic E-state index is -3.61. The number of hydrogen-bond donors (Lipinski definition) is 3. The molecule has 0 spiro atoms. The Bertz CT molecular complexity index is 972. The third-order valence-corrected chi connectivity index (χ3v) is 5.64. The highest BCUT2D eigenvalue weighted by atomic mass is 32.2. The number of hydrogen-bond acceptors (Lipinski definition) is 4. The van der Waals surface area contributed by atoms with Crippen molar-refractivity contribution in [2.75, 3.05) is 30.1 Å². The maximum atomic E-state index is 13.6. The second-order valence-corrected chi connectivity index (χ2v) is 8.92.